The summed E-state index contributed by atoms with van der Waals surface area (Å²) in [4.78, 5) is 26.6. The molecule has 0 fully saturated rings. The predicted octanol–water partition coefficient (Wildman–Crippen LogP) is 5.37. The van der Waals surface area contributed by atoms with Crippen molar-refractivity contribution in [3.05, 3.63) is 119 Å². The Balaban J connectivity index is 1.55. The number of nitrogens with one attached hydrogen (secondary N) is 3. The molecule has 7 heteroatoms. The molecule has 1 atom stereocenters. The van der Waals surface area contributed by atoms with Crippen LogP contribution in [-0.4, -0.2) is 21.6 Å². The second-order valence-corrected chi connectivity index (χ2v) is 8.47. The molecule has 0 radical (unpaired) electrons. The van der Waals surface area contributed by atoms with Gasteiger partial charge in [-0.05, 0) is 43.7 Å². The van der Waals surface area contributed by atoms with Crippen LogP contribution < -0.4 is 16.0 Å². The Morgan fingerprint density at radius 1 is 0.829 bits per heavy atom. The first-order chi connectivity index (χ1) is 17.0. The summed E-state index contributed by atoms with van der Waals surface area (Å²) in [6.45, 7) is 3.85. The number of allylic oxidation sites excluding steroid dienone is 1. The molecule has 2 heterocycles. The first-order valence-electron chi connectivity index (χ1n) is 11.4. The Morgan fingerprint density at radius 3 is 2.09 bits per heavy atom. The number of anilines is 3. The number of amides is 2. The molecule has 0 unspecified atom stereocenters. The van der Waals surface area contributed by atoms with Gasteiger partial charge in [0.25, 0.3) is 11.8 Å². The zero-order chi connectivity index (χ0) is 24.4. The molecule has 3 N–H and O–H groups in total. The SMILES string of the molecule is CC1=C(C(=O)Nc2ccccc2)[C@H](c2cccc(C)c2)n2ncc(C(=O)Nc3ccccc3)c2N1. The average Bonchev–Trinajstić information content (AvgIpc) is 3.28. The van der Waals surface area contributed by atoms with Gasteiger partial charge in [-0.2, -0.15) is 5.10 Å². The molecule has 0 bridgehead atoms. The Labute approximate surface area is 203 Å². The van der Waals surface area contributed by atoms with Gasteiger partial charge in [0.05, 0.1) is 11.8 Å². The quantitative estimate of drug-likeness (QED) is 0.371. The van der Waals surface area contributed by atoms with Crippen molar-refractivity contribution >= 4 is 29.0 Å². The Morgan fingerprint density at radius 2 is 1.46 bits per heavy atom. The smallest absolute Gasteiger partial charge is 0.261 e. The summed E-state index contributed by atoms with van der Waals surface area (Å²) >= 11 is 0. The fourth-order valence-corrected chi connectivity index (χ4v) is 4.30. The molecule has 1 aliphatic rings. The molecule has 5 rings (SSSR count). The van der Waals surface area contributed by atoms with Crippen LogP contribution in [0, 0.1) is 6.92 Å². The topological polar surface area (TPSA) is 88.0 Å². The highest BCUT2D eigenvalue weighted by Gasteiger charge is 2.35. The van der Waals surface area contributed by atoms with Gasteiger partial charge >= 0.3 is 0 Å². The molecule has 0 spiro atoms. The minimum Gasteiger partial charge on any atom is -0.343 e. The molecule has 1 aromatic heterocycles. The molecule has 35 heavy (non-hydrogen) atoms. The van der Waals surface area contributed by atoms with Crippen LogP contribution in [0.15, 0.2) is 102 Å². The maximum absolute atomic E-state index is 13.5. The van der Waals surface area contributed by atoms with E-state index in [1.165, 1.54) is 6.20 Å². The number of hydrogen-bond acceptors (Lipinski definition) is 4. The van der Waals surface area contributed by atoms with Crippen molar-refractivity contribution in [1.29, 1.82) is 0 Å². The summed E-state index contributed by atoms with van der Waals surface area (Å²) < 4.78 is 1.71. The van der Waals surface area contributed by atoms with Crippen molar-refractivity contribution in [2.75, 3.05) is 16.0 Å². The molecular formula is C28H25N5O2. The Bertz CT molecular complexity index is 1420. The first-order valence-corrected chi connectivity index (χ1v) is 11.4. The van der Waals surface area contributed by atoms with Crippen LogP contribution in [0.2, 0.25) is 0 Å². The monoisotopic (exact) mass is 463 g/mol. The number of carbonyl (C=O) groups is 2. The van der Waals surface area contributed by atoms with Gasteiger partial charge in [-0.1, -0.05) is 66.2 Å². The zero-order valence-corrected chi connectivity index (χ0v) is 19.4. The summed E-state index contributed by atoms with van der Waals surface area (Å²) in [5.41, 5.74) is 4.96. The van der Waals surface area contributed by atoms with Crippen molar-refractivity contribution in [2.24, 2.45) is 0 Å². The lowest BCUT2D eigenvalue weighted by atomic mass is 9.93. The molecule has 0 aliphatic carbocycles. The normalized spacial score (nSPS) is 14.6. The number of fused-ring (bicyclic) bond motifs is 1. The van der Waals surface area contributed by atoms with Crippen molar-refractivity contribution in [2.45, 2.75) is 19.9 Å². The summed E-state index contributed by atoms with van der Waals surface area (Å²) in [7, 11) is 0. The van der Waals surface area contributed by atoms with Crippen molar-refractivity contribution in [3.8, 4) is 0 Å². The lowest BCUT2D eigenvalue weighted by molar-refractivity contribution is -0.113. The summed E-state index contributed by atoms with van der Waals surface area (Å²) in [6.07, 6.45) is 1.54. The predicted molar refractivity (Wildman–Crippen MR) is 137 cm³/mol. The van der Waals surface area contributed by atoms with E-state index >= 15 is 0 Å². The van der Waals surface area contributed by atoms with Gasteiger partial charge in [-0.3, -0.25) is 9.59 Å². The van der Waals surface area contributed by atoms with Gasteiger partial charge in [-0.15, -0.1) is 0 Å². The second kappa shape index (κ2) is 9.30. The zero-order valence-electron chi connectivity index (χ0n) is 19.4. The number of benzene rings is 3. The number of para-hydroxylation sites is 2. The van der Waals surface area contributed by atoms with Gasteiger partial charge in [0.15, 0.2) is 0 Å². The number of rotatable bonds is 5. The molecule has 3 aromatic carbocycles. The van der Waals surface area contributed by atoms with Gasteiger partial charge in [-0.25, -0.2) is 4.68 Å². The number of carbonyl (C=O) groups excluding carboxylic acids is 2. The Hall–Kier alpha value is -4.65. The maximum atomic E-state index is 13.5. The van der Waals surface area contributed by atoms with Gasteiger partial charge in [0, 0.05) is 17.1 Å². The summed E-state index contributed by atoms with van der Waals surface area (Å²) in [5, 5.41) is 13.7. The van der Waals surface area contributed by atoms with Crippen LogP contribution in [0.3, 0.4) is 0 Å². The van der Waals surface area contributed by atoms with Crippen molar-refractivity contribution in [1.82, 2.24) is 9.78 Å². The van der Waals surface area contributed by atoms with Crippen LogP contribution >= 0.6 is 0 Å². The number of aryl methyl sites for hydroxylation is 1. The van der Waals surface area contributed by atoms with Crippen molar-refractivity contribution < 1.29 is 9.59 Å². The van der Waals surface area contributed by atoms with Crippen LogP contribution in [0.1, 0.15) is 34.5 Å². The molecule has 2 amide bonds. The number of nitrogens with zero attached hydrogens (tertiary/aromatic N) is 2. The third kappa shape index (κ3) is 4.44. The molecule has 1 aliphatic heterocycles. The molecular weight excluding hydrogens is 438 g/mol. The lowest BCUT2D eigenvalue weighted by Crippen LogP contribution is -2.32. The van der Waals surface area contributed by atoms with E-state index in [1.54, 1.807) is 4.68 Å². The minimum absolute atomic E-state index is 0.232. The van der Waals surface area contributed by atoms with E-state index in [0.717, 1.165) is 11.1 Å². The maximum Gasteiger partial charge on any atom is 0.261 e. The van der Waals surface area contributed by atoms with Crippen LogP contribution in [-0.2, 0) is 4.79 Å². The van der Waals surface area contributed by atoms with Gasteiger partial charge in [0.2, 0.25) is 0 Å². The number of hydrogen-bond donors (Lipinski definition) is 3. The van der Waals surface area contributed by atoms with E-state index in [4.69, 9.17) is 0 Å². The van der Waals surface area contributed by atoms with Crippen molar-refractivity contribution in [3.63, 3.8) is 0 Å². The lowest BCUT2D eigenvalue weighted by Gasteiger charge is -2.30. The molecule has 174 valence electrons. The van der Waals surface area contributed by atoms with E-state index in [9.17, 15) is 9.59 Å². The fourth-order valence-electron chi connectivity index (χ4n) is 4.30. The standard InChI is InChI=1S/C28H25N5O2/c1-18-10-9-11-20(16-18)25-24(28(35)32-22-14-7-4-8-15-22)19(2)30-26-23(17-29-33(25)26)27(34)31-21-12-5-3-6-13-21/h3-17,25,30H,1-2H3,(H,31,34)(H,32,35)/t25-/m0/s1. The molecule has 4 aromatic rings. The van der Waals surface area contributed by atoms with E-state index < -0.39 is 6.04 Å². The van der Waals surface area contributed by atoms with Gasteiger partial charge in [0.1, 0.15) is 17.4 Å². The van der Waals surface area contributed by atoms with Crippen LogP contribution in [0.5, 0.6) is 0 Å². The third-order valence-electron chi connectivity index (χ3n) is 5.93. The summed E-state index contributed by atoms with van der Waals surface area (Å²) in [5.74, 6) is 0.0285. The molecule has 0 saturated heterocycles. The third-order valence-corrected chi connectivity index (χ3v) is 5.93. The fraction of sp³-hybridized carbons (Fsp3) is 0.107. The average molecular weight is 464 g/mol. The Kier molecular flexibility index (Phi) is 5.89. The highest BCUT2D eigenvalue weighted by atomic mass is 16.2. The highest BCUT2D eigenvalue weighted by Crippen LogP contribution is 2.38. The second-order valence-electron chi connectivity index (χ2n) is 8.47. The van der Waals surface area contributed by atoms with Crippen LogP contribution in [0.4, 0.5) is 17.2 Å². The summed E-state index contributed by atoms with van der Waals surface area (Å²) in [6, 6.07) is 26.1. The van der Waals surface area contributed by atoms with E-state index in [2.05, 4.69) is 21.0 Å². The van der Waals surface area contributed by atoms with Gasteiger partial charge < -0.3 is 16.0 Å². The number of aromatic nitrogens is 2. The minimum atomic E-state index is -0.506. The molecule has 7 nitrogen and oxygen atoms in total. The van der Waals surface area contributed by atoms with Crippen LogP contribution in [0.25, 0.3) is 0 Å². The molecule has 0 saturated carbocycles. The largest absolute Gasteiger partial charge is 0.343 e. The highest BCUT2D eigenvalue weighted by molar-refractivity contribution is 6.09. The van der Waals surface area contributed by atoms with E-state index in [0.29, 0.717) is 34.0 Å². The van der Waals surface area contributed by atoms with E-state index in [1.807, 2.05) is 98.8 Å². The van der Waals surface area contributed by atoms with E-state index in [-0.39, 0.29) is 11.8 Å². The first kappa shape index (κ1) is 22.2.